The zero-order valence-electron chi connectivity index (χ0n) is 21.3. The molecule has 0 bridgehead atoms. The van der Waals surface area contributed by atoms with E-state index < -0.39 is 20.8 Å². The maximum atomic E-state index is 9.22. The first kappa shape index (κ1) is 31.2. The molecule has 0 aliphatic carbocycles. The second-order valence-corrected chi connectivity index (χ2v) is 10.5. The first-order valence-electron chi connectivity index (χ1n) is 11.8. The average Bonchev–Trinajstić information content (AvgIpc) is 2.90. The summed E-state index contributed by atoms with van der Waals surface area (Å²) in [6, 6.07) is 21.6. The molecule has 0 atom stereocenters. The molecule has 0 unspecified atom stereocenters. The molecule has 0 amide bonds. The minimum Gasteiger partial charge on any atom is -0.726 e. The average molecular weight is 565 g/mol. The van der Waals surface area contributed by atoms with E-state index in [2.05, 4.69) is 103 Å². The minimum atomic E-state index is -4.41. The zero-order chi connectivity index (χ0) is 28.0. The predicted octanol–water partition coefficient (Wildman–Crippen LogP) is 3.01. The van der Waals surface area contributed by atoms with Crippen LogP contribution in [0.5, 0.6) is 0 Å². The third-order valence-corrected chi connectivity index (χ3v) is 6.30. The van der Waals surface area contributed by atoms with E-state index in [0.29, 0.717) is 0 Å². The van der Waals surface area contributed by atoms with E-state index in [1.165, 1.54) is 47.2 Å². The van der Waals surface area contributed by atoms with E-state index in [1.807, 2.05) is 0 Å². The largest absolute Gasteiger partial charge is 0.726 e. The summed E-state index contributed by atoms with van der Waals surface area (Å²) >= 11 is 0. The van der Waals surface area contributed by atoms with E-state index in [9.17, 15) is 25.9 Å². The van der Waals surface area contributed by atoms with Gasteiger partial charge in [-0.05, 0) is 35.7 Å². The van der Waals surface area contributed by atoms with Gasteiger partial charge in [-0.2, -0.15) is 0 Å². The highest BCUT2D eigenvalue weighted by atomic mass is 32.3. The molecule has 0 aliphatic heterocycles. The highest BCUT2D eigenvalue weighted by Crippen LogP contribution is 2.11. The van der Waals surface area contributed by atoms with Crippen LogP contribution in [0.4, 0.5) is 0 Å². The number of hydrogen-bond acceptors (Lipinski definition) is 8. The van der Waals surface area contributed by atoms with Crippen molar-refractivity contribution in [2.24, 2.45) is 0 Å². The number of fused-ring (bicyclic) bond motifs is 2. The summed E-state index contributed by atoms with van der Waals surface area (Å²) in [6.07, 6.45) is 14.0. The lowest BCUT2D eigenvalue weighted by Crippen LogP contribution is -2.33. The topological polar surface area (TPSA) is 141 Å². The van der Waals surface area contributed by atoms with Gasteiger partial charge in [0.1, 0.15) is 13.1 Å². The van der Waals surface area contributed by atoms with E-state index >= 15 is 0 Å². The van der Waals surface area contributed by atoms with Gasteiger partial charge >= 0.3 is 0 Å². The van der Waals surface area contributed by atoms with Gasteiger partial charge in [0.2, 0.25) is 20.8 Å². The molecule has 2 aromatic heterocycles. The van der Waals surface area contributed by atoms with Crippen LogP contribution in [-0.4, -0.2) is 40.2 Å². The summed E-state index contributed by atoms with van der Waals surface area (Å²) in [7, 11) is -7.21. The molecular formula is C26H32N2O8S2. The van der Waals surface area contributed by atoms with Crippen LogP contribution in [0, 0.1) is 0 Å². The number of pyridine rings is 2. The van der Waals surface area contributed by atoms with Crippen LogP contribution in [0.15, 0.2) is 85.5 Å². The number of benzene rings is 2. The molecule has 0 radical (unpaired) electrons. The lowest BCUT2D eigenvalue weighted by molar-refractivity contribution is -0.697. The number of aryl methyl sites for hydroxylation is 2. The van der Waals surface area contributed by atoms with E-state index in [4.69, 9.17) is 0 Å². The van der Waals surface area contributed by atoms with E-state index in [-0.39, 0.29) is 0 Å². The van der Waals surface area contributed by atoms with Crippen molar-refractivity contribution in [3.05, 3.63) is 85.5 Å². The van der Waals surface area contributed by atoms with Crippen LogP contribution in [-0.2, 0) is 42.3 Å². The quantitative estimate of drug-likeness (QED) is 0.131. The highest BCUT2D eigenvalue weighted by Gasteiger charge is 2.05. The molecule has 38 heavy (non-hydrogen) atoms. The molecule has 0 saturated heterocycles. The van der Waals surface area contributed by atoms with Crippen LogP contribution in [0.25, 0.3) is 21.5 Å². The fraction of sp³-hybridized carbons (Fsp3) is 0.308. The number of hydrogen-bond donors (Lipinski definition) is 0. The smallest absolute Gasteiger partial charge is 0.217 e. The third kappa shape index (κ3) is 12.5. The molecule has 2 aromatic carbocycles. The van der Waals surface area contributed by atoms with Gasteiger partial charge in [0, 0.05) is 35.7 Å². The molecule has 12 heteroatoms. The lowest BCUT2D eigenvalue weighted by Gasteiger charge is -2.01. The molecular weight excluding hydrogens is 532 g/mol. The summed E-state index contributed by atoms with van der Waals surface area (Å²) < 4.78 is 66.7. The third-order valence-electron chi connectivity index (χ3n) is 5.48. The highest BCUT2D eigenvalue weighted by molar-refractivity contribution is 7.81. The van der Waals surface area contributed by atoms with Gasteiger partial charge in [0.05, 0.1) is 14.2 Å². The minimum absolute atomic E-state index is 0.808. The molecule has 206 valence electrons. The Kier molecular flexibility index (Phi) is 12.7. The molecule has 0 spiro atoms. The second kappa shape index (κ2) is 15.4. The second-order valence-electron chi connectivity index (χ2n) is 8.19. The fourth-order valence-electron chi connectivity index (χ4n) is 3.58. The summed E-state index contributed by atoms with van der Waals surface area (Å²) in [5, 5.41) is 5.28. The maximum Gasteiger partial charge on any atom is 0.217 e. The van der Waals surface area contributed by atoms with Gasteiger partial charge < -0.3 is 9.11 Å². The van der Waals surface area contributed by atoms with Gasteiger partial charge in [-0.25, -0.2) is 26.0 Å². The summed E-state index contributed by atoms with van der Waals surface area (Å²) in [5.41, 5.74) is 0. The molecule has 10 nitrogen and oxygen atoms in total. The normalized spacial score (nSPS) is 11.4. The van der Waals surface area contributed by atoms with Gasteiger partial charge in [-0.15, -0.1) is 0 Å². The molecule has 0 aliphatic rings. The Labute approximate surface area is 224 Å². The van der Waals surface area contributed by atoms with Gasteiger partial charge in [-0.1, -0.05) is 36.4 Å². The van der Waals surface area contributed by atoms with E-state index in [1.54, 1.807) is 0 Å². The number of rotatable bonds is 9. The van der Waals surface area contributed by atoms with Crippen molar-refractivity contribution < 1.29 is 43.4 Å². The van der Waals surface area contributed by atoms with Crippen LogP contribution in [0.2, 0.25) is 0 Å². The maximum absolute atomic E-state index is 9.22. The molecule has 0 N–H and O–H groups in total. The first-order chi connectivity index (χ1) is 18.0. The van der Waals surface area contributed by atoms with Gasteiger partial charge in [0.15, 0.2) is 24.8 Å². The molecule has 0 fully saturated rings. The van der Waals surface area contributed by atoms with Gasteiger partial charge in [-0.3, -0.25) is 8.37 Å². The molecule has 0 saturated carbocycles. The van der Waals surface area contributed by atoms with Crippen molar-refractivity contribution in [1.29, 1.82) is 0 Å². The van der Waals surface area contributed by atoms with Crippen molar-refractivity contribution in [3.63, 3.8) is 0 Å². The standard InChI is InChI=1S/C24H26N2.2CH4O4S/c1(7-15-25-17-13-21-9-3-5-11-23(21)19-25)2-8-16-26-18-14-22-10-4-6-12-24(22)20-26;2*1-5-6(2,3)4/h3-6,9-14,17-20H,1-2,7-8,15-16H2;2*1H3,(H,2,3,4)/q+2;;/p-2. The van der Waals surface area contributed by atoms with Crippen LogP contribution >= 0.6 is 0 Å². The van der Waals surface area contributed by atoms with Crippen molar-refractivity contribution in [1.82, 2.24) is 0 Å². The predicted molar refractivity (Wildman–Crippen MR) is 140 cm³/mol. The van der Waals surface area contributed by atoms with Crippen molar-refractivity contribution in [3.8, 4) is 0 Å². The monoisotopic (exact) mass is 564 g/mol. The summed E-state index contributed by atoms with van der Waals surface area (Å²) in [6.45, 7) is 2.21. The van der Waals surface area contributed by atoms with Crippen molar-refractivity contribution >= 4 is 42.3 Å². The SMILES string of the molecule is COS(=O)(=O)[O-].COS(=O)(=O)[O-].c1ccc2c[n+](CCCCCC[n+]3ccc4ccccc4c3)ccc2c1. The van der Waals surface area contributed by atoms with Crippen molar-refractivity contribution in [2.45, 2.75) is 38.8 Å². The zero-order valence-corrected chi connectivity index (χ0v) is 22.9. The van der Waals surface area contributed by atoms with Crippen LogP contribution in [0.1, 0.15) is 25.7 Å². The Balaban J connectivity index is 0.000000355. The Bertz CT molecular complexity index is 1400. The Morgan fingerprint density at radius 2 is 0.895 bits per heavy atom. The lowest BCUT2D eigenvalue weighted by atomic mass is 10.1. The Morgan fingerprint density at radius 3 is 1.21 bits per heavy atom. The fourth-order valence-corrected chi connectivity index (χ4v) is 3.58. The van der Waals surface area contributed by atoms with E-state index in [0.717, 1.165) is 27.3 Å². The van der Waals surface area contributed by atoms with Crippen LogP contribution < -0.4 is 9.13 Å². The molecule has 4 rings (SSSR count). The number of aromatic nitrogens is 2. The molecule has 2 heterocycles. The summed E-state index contributed by atoms with van der Waals surface area (Å²) in [5.74, 6) is 0. The van der Waals surface area contributed by atoms with Crippen LogP contribution in [0.3, 0.4) is 0 Å². The Morgan fingerprint density at radius 1 is 0.579 bits per heavy atom. The number of unbranched alkanes of at least 4 members (excludes halogenated alkanes) is 3. The van der Waals surface area contributed by atoms with Gasteiger partial charge in [0.25, 0.3) is 0 Å². The summed E-state index contributed by atoms with van der Waals surface area (Å²) in [4.78, 5) is 0. The van der Waals surface area contributed by atoms with Crippen molar-refractivity contribution in [2.75, 3.05) is 14.2 Å². The number of nitrogens with zero attached hydrogens (tertiary/aromatic N) is 2. The first-order valence-corrected chi connectivity index (χ1v) is 14.5. The Hall–Kier alpha value is -3.00. The molecule has 4 aromatic rings.